The monoisotopic (exact) mass is 425 g/mol. The zero-order chi connectivity index (χ0) is 20.6. The van der Waals surface area contributed by atoms with Crippen LogP contribution >= 0.6 is 11.6 Å². The molecular formula is C20H22ClF2N3O3. The Balaban J connectivity index is 1.52. The van der Waals surface area contributed by atoms with E-state index in [0.717, 1.165) is 5.52 Å². The summed E-state index contributed by atoms with van der Waals surface area (Å²) in [5.41, 5.74) is 1.14. The van der Waals surface area contributed by atoms with E-state index >= 15 is 0 Å². The first-order chi connectivity index (χ1) is 13.8. The van der Waals surface area contributed by atoms with Crippen molar-refractivity contribution in [1.29, 1.82) is 0 Å². The number of aromatic nitrogens is 1. The number of amides is 2. The van der Waals surface area contributed by atoms with Gasteiger partial charge in [0.05, 0.1) is 22.6 Å². The molecule has 2 fully saturated rings. The lowest BCUT2D eigenvalue weighted by atomic mass is 9.87. The minimum absolute atomic E-state index is 0.0433. The lowest BCUT2D eigenvalue weighted by molar-refractivity contribution is -0.0452. The highest BCUT2D eigenvalue weighted by molar-refractivity contribution is 6.36. The molecule has 156 valence electrons. The van der Waals surface area contributed by atoms with E-state index in [2.05, 4.69) is 5.32 Å². The normalized spacial score (nSPS) is 19.6. The molecule has 1 aromatic carbocycles. The fourth-order valence-corrected chi connectivity index (χ4v) is 4.24. The number of halogens is 3. The van der Waals surface area contributed by atoms with Crippen LogP contribution in [-0.4, -0.2) is 47.1 Å². The molecule has 1 saturated heterocycles. The predicted octanol–water partition coefficient (Wildman–Crippen LogP) is 4.26. The number of ether oxygens (including phenoxy) is 1. The largest absolute Gasteiger partial charge is 0.447 e. The molecule has 4 rings (SSSR count). The summed E-state index contributed by atoms with van der Waals surface area (Å²) < 4.78 is 33.4. The van der Waals surface area contributed by atoms with Gasteiger partial charge in [0.2, 0.25) is 5.92 Å². The van der Waals surface area contributed by atoms with Gasteiger partial charge in [-0.3, -0.25) is 9.69 Å². The highest BCUT2D eigenvalue weighted by Gasteiger charge is 2.35. The fourth-order valence-electron chi connectivity index (χ4n) is 3.97. The molecule has 6 nitrogen and oxygen atoms in total. The van der Waals surface area contributed by atoms with Gasteiger partial charge < -0.3 is 14.6 Å². The summed E-state index contributed by atoms with van der Waals surface area (Å²) in [6.07, 6.45) is 1.80. The van der Waals surface area contributed by atoms with Crippen molar-refractivity contribution in [2.24, 2.45) is 5.92 Å². The molecule has 1 N–H and O–H groups in total. The molecule has 1 aromatic heterocycles. The van der Waals surface area contributed by atoms with E-state index in [1.165, 1.54) is 0 Å². The average Bonchev–Trinajstić information content (AvgIpc) is 3.26. The topological polar surface area (TPSA) is 63.6 Å². The average molecular weight is 426 g/mol. The first kappa shape index (κ1) is 19.9. The van der Waals surface area contributed by atoms with Gasteiger partial charge in [-0.25, -0.2) is 13.6 Å². The van der Waals surface area contributed by atoms with E-state index in [-0.39, 0.29) is 31.3 Å². The second-order valence-corrected chi connectivity index (χ2v) is 8.08. The van der Waals surface area contributed by atoms with Gasteiger partial charge in [-0.1, -0.05) is 17.7 Å². The quantitative estimate of drug-likeness (QED) is 0.778. The fraction of sp³-hybridized carbons (Fsp3) is 0.500. The number of carbonyl (C=O) groups is 2. The van der Waals surface area contributed by atoms with Gasteiger partial charge in [-0.05, 0) is 30.9 Å². The van der Waals surface area contributed by atoms with Crippen LogP contribution in [0.5, 0.6) is 0 Å². The van der Waals surface area contributed by atoms with E-state index in [9.17, 15) is 18.4 Å². The Kier molecular flexibility index (Phi) is 5.38. The van der Waals surface area contributed by atoms with Crippen LogP contribution in [0.3, 0.4) is 0 Å². The van der Waals surface area contributed by atoms with Crippen LogP contribution in [0.2, 0.25) is 5.02 Å². The number of fused-ring (bicyclic) bond motifs is 1. The third-order valence-electron chi connectivity index (χ3n) is 5.66. The number of nitrogens with zero attached hydrogens (tertiary/aromatic N) is 2. The Morgan fingerprint density at radius 2 is 2.07 bits per heavy atom. The molecule has 2 amide bonds. The van der Waals surface area contributed by atoms with Crippen molar-refractivity contribution < 1.29 is 23.1 Å². The van der Waals surface area contributed by atoms with Gasteiger partial charge in [-0.15, -0.1) is 0 Å². The van der Waals surface area contributed by atoms with E-state index in [1.54, 1.807) is 27.8 Å². The highest BCUT2D eigenvalue weighted by Crippen LogP contribution is 2.36. The maximum Gasteiger partial charge on any atom is 0.411 e. The van der Waals surface area contributed by atoms with E-state index in [0.29, 0.717) is 48.5 Å². The minimum atomic E-state index is -2.59. The molecule has 0 radical (unpaired) electrons. The van der Waals surface area contributed by atoms with Gasteiger partial charge >= 0.3 is 6.09 Å². The van der Waals surface area contributed by atoms with Crippen LogP contribution in [0.25, 0.3) is 10.9 Å². The molecule has 1 saturated carbocycles. The summed E-state index contributed by atoms with van der Waals surface area (Å²) >= 11 is 6.36. The summed E-state index contributed by atoms with van der Waals surface area (Å²) in [4.78, 5) is 26.2. The second kappa shape index (κ2) is 7.82. The SMILES string of the molecule is O=C(NCC1CCC(F)(F)CC1)c1cn(CN2CCOC2=O)c2cccc(Cl)c12. The first-order valence-corrected chi connectivity index (χ1v) is 10.1. The zero-order valence-corrected chi connectivity index (χ0v) is 16.6. The first-order valence-electron chi connectivity index (χ1n) is 9.69. The smallest absolute Gasteiger partial charge is 0.411 e. The molecule has 2 aliphatic rings. The standard InChI is InChI=1S/C20H22ClF2N3O3/c21-15-2-1-3-16-17(15)14(11-26(16)12-25-8-9-29-19(25)28)18(27)24-10-13-4-6-20(22,23)7-5-13/h1-3,11,13H,4-10,12H2,(H,24,27). The molecule has 2 aromatic rings. The maximum absolute atomic E-state index is 13.3. The van der Waals surface area contributed by atoms with Crippen LogP contribution in [0.4, 0.5) is 13.6 Å². The van der Waals surface area contributed by atoms with Gasteiger partial charge in [0, 0.05) is 31.0 Å². The summed E-state index contributed by atoms with van der Waals surface area (Å²) in [6.45, 7) is 1.42. The third kappa shape index (κ3) is 4.17. The van der Waals surface area contributed by atoms with Gasteiger partial charge in [-0.2, -0.15) is 0 Å². The van der Waals surface area contributed by atoms with Crippen molar-refractivity contribution >= 4 is 34.5 Å². The number of nitrogens with one attached hydrogen (secondary N) is 1. The highest BCUT2D eigenvalue weighted by atomic mass is 35.5. The maximum atomic E-state index is 13.3. The lowest BCUT2D eigenvalue weighted by Gasteiger charge is -2.28. The number of alkyl halides is 2. The van der Waals surface area contributed by atoms with E-state index in [1.807, 2.05) is 6.07 Å². The molecule has 2 heterocycles. The summed E-state index contributed by atoms with van der Waals surface area (Å²) in [7, 11) is 0. The molecule has 0 unspecified atom stereocenters. The lowest BCUT2D eigenvalue weighted by Crippen LogP contribution is -2.33. The van der Waals surface area contributed by atoms with Crippen LogP contribution in [0, 0.1) is 5.92 Å². The summed E-state index contributed by atoms with van der Waals surface area (Å²) in [5, 5.41) is 3.91. The molecule has 1 aliphatic carbocycles. The van der Waals surface area contributed by atoms with Gasteiger partial charge in [0.1, 0.15) is 13.3 Å². The Labute approximate surface area is 171 Å². The predicted molar refractivity (Wildman–Crippen MR) is 104 cm³/mol. The Bertz CT molecular complexity index is 936. The molecule has 0 bridgehead atoms. The number of hydrogen-bond donors (Lipinski definition) is 1. The second-order valence-electron chi connectivity index (χ2n) is 7.68. The van der Waals surface area contributed by atoms with Crippen molar-refractivity contribution in [3.05, 3.63) is 35.0 Å². The summed E-state index contributed by atoms with van der Waals surface area (Å²) in [5.74, 6) is -2.84. The molecule has 1 aliphatic heterocycles. The van der Waals surface area contributed by atoms with Crippen molar-refractivity contribution in [2.45, 2.75) is 38.3 Å². The number of carbonyl (C=O) groups excluding carboxylic acids is 2. The third-order valence-corrected chi connectivity index (χ3v) is 5.97. The molecule has 9 heteroatoms. The van der Waals surface area contributed by atoms with Crippen molar-refractivity contribution in [1.82, 2.24) is 14.8 Å². The minimum Gasteiger partial charge on any atom is -0.447 e. The number of cyclic esters (lactones) is 1. The van der Waals surface area contributed by atoms with Crippen LogP contribution in [0.15, 0.2) is 24.4 Å². The summed E-state index contributed by atoms with van der Waals surface area (Å²) in [6, 6.07) is 5.33. The molecule has 0 spiro atoms. The Hall–Kier alpha value is -2.35. The van der Waals surface area contributed by atoms with Crippen molar-refractivity contribution in [2.75, 3.05) is 19.7 Å². The molecular weight excluding hydrogens is 404 g/mol. The van der Waals surface area contributed by atoms with Crippen molar-refractivity contribution in [3.8, 4) is 0 Å². The Morgan fingerprint density at radius 1 is 1.31 bits per heavy atom. The number of hydrogen-bond acceptors (Lipinski definition) is 3. The van der Waals surface area contributed by atoms with E-state index < -0.39 is 12.0 Å². The molecule has 29 heavy (non-hydrogen) atoms. The van der Waals surface area contributed by atoms with Crippen molar-refractivity contribution in [3.63, 3.8) is 0 Å². The number of rotatable bonds is 5. The zero-order valence-electron chi connectivity index (χ0n) is 15.8. The van der Waals surface area contributed by atoms with Crippen LogP contribution in [0.1, 0.15) is 36.0 Å². The van der Waals surface area contributed by atoms with Crippen LogP contribution in [-0.2, 0) is 11.4 Å². The van der Waals surface area contributed by atoms with Crippen LogP contribution < -0.4 is 5.32 Å². The Morgan fingerprint density at radius 3 is 2.76 bits per heavy atom. The van der Waals surface area contributed by atoms with E-state index in [4.69, 9.17) is 16.3 Å². The van der Waals surface area contributed by atoms with Gasteiger partial charge in [0.15, 0.2) is 0 Å². The number of benzene rings is 1. The molecule has 0 atom stereocenters. The van der Waals surface area contributed by atoms with Gasteiger partial charge in [0.25, 0.3) is 5.91 Å².